The van der Waals surface area contributed by atoms with Crippen molar-refractivity contribution in [2.45, 2.75) is 0 Å². The first-order valence-electron chi connectivity index (χ1n) is 14.1. The first-order chi connectivity index (χ1) is 20.8. The summed E-state index contributed by atoms with van der Waals surface area (Å²) in [6.07, 6.45) is 0. The molecule has 9 rings (SSSR count). The van der Waals surface area contributed by atoms with Gasteiger partial charge in [-0.15, -0.1) is 11.3 Å². The average molecular weight is 554 g/mol. The quantitative estimate of drug-likeness (QED) is 0.218. The molecule has 0 fully saturated rings. The van der Waals surface area contributed by atoms with Gasteiger partial charge in [0, 0.05) is 48.1 Å². The molecule has 3 aromatic heterocycles. The Bertz CT molecular complexity index is 2400. The third-order valence-electron chi connectivity index (χ3n) is 8.17. The largest absolute Gasteiger partial charge is 0.294 e. The number of para-hydroxylation sites is 1. The number of rotatable bonds is 3. The second-order valence-electron chi connectivity index (χ2n) is 10.7. The minimum absolute atomic E-state index is 0.714. The van der Waals surface area contributed by atoms with Crippen molar-refractivity contribution in [2.24, 2.45) is 0 Å². The summed E-state index contributed by atoms with van der Waals surface area (Å²) in [7, 11) is 0. The van der Waals surface area contributed by atoms with Crippen LogP contribution in [0.5, 0.6) is 0 Å². The Morgan fingerprint density at radius 2 is 1.12 bits per heavy atom. The maximum Gasteiger partial charge on any atom is 0.162 e. The first kappa shape index (κ1) is 23.4. The van der Waals surface area contributed by atoms with E-state index in [0.717, 1.165) is 33.7 Å². The van der Waals surface area contributed by atoms with Gasteiger partial charge in [0.05, 0.1) is 16.7 Å². The molecule has 0 atom stereocenters. The maximum absolute atomic E-state index is 5.18. The van der Waals surface area contributed by atoms with E-state index in [2.05, 4.69) is 120 Å². The van der Waals surface area contributed by atoms with E-state index in [-0.39, 0.29) is 0 Å². The molecule has 3 heterocycles. The Kier molecular flexibility index (Phi) is 5.07. The predicted molar refractivity (Wildman–Crippen MR) is 178 cm³/mol. The number of fused-ring (bicyclic) bond motifs is 7. The summed E-state index contributed by atoms with van der Waals surface area (Å²) in [5, 5.41) is 7.56. The Hall–Kier alpha value is -5.32. The van der Waals surface area contributed by atoms with Gasteiger partial charge in [-0.05, 0) is 47.2 Å². The van der Waals surface area contributed by atoms with Gasteiger partial charge in [-0.2, -0.15) is 0 Å². The number of hydrogen-bond donors (Lipinski definition) is 0. The lowest BCUT2D eigenvalue weighted by Crippen LogP contribution is -2.02. The monoisotopic (exact) mass is 553 g/mol. The van der Waals surface area contributed by atoms with E-state index in [1.54, 1.807) is 0 Å². The first-order valence-corrected chi connectivity index (χ1v) is 14.9. The average Bonchev–Trinajstić information content (AvgIpc) is 3.58. The van der Waals surface area contributed by atoms with Crippen LogP contribution in [0.1, 0.15) is 0 Å². The summed E-state index contributed by atoms with van der Waals surface area (Å²) >= 11 is 1.86. The molecule has 0 unspecified atom stereocenters. The molecular formula is C38H23N3S. The van der Waals surface area contributed by atoms with E-state index in [0.29, 0.717) is 5.82 Å². The predicted octanol–water partition coefficient (Wildman–Crippen LogP) is 10.4. The Morgan fingerprint density at radius 1 is 0.452 bits per heavy atom. The molecule has 196 valence electrons. The smallest absolute Gasteiger partial charge is 0.162 e. The zero-order valence-corrected chi connectivity index (χ0v) is 23.3. The SMILES string of the molecule is c1ccc(-c2cc(-n3c4ccccc4c4cc5cc6c(cc5cc43)sc3ccccc36)nc(-c3ccccc3)n2)cc1. The van der Waals surface area contributed by atoms with E-state index < -0.39 is 0 Å². The van der Waals surface area contributed by atoms with Crippen molar-refractivity contribution in [3.63, 3.8) is 0 Å². The van der Waals surface area contributed by atoms with Crippen molar-refractivity contribution in [3.8, 4) is 28.5 Å². The lowest BCUT2D eigenvalue weighted by Gasteiger charge is -2.12. The highest BCUT2D eigenvalue weighted by atomic mass is 32.1. The number of hydrogen-bond acceptors (Lipinski definition) is 3. The van der Waals surface area contributed by atoms with Crippen LogP contribution in [0.4, 0.5) is 0 Å². The summed E-state index contributed by atoms with van der Waals surface area (Å²) in [5.74, 6) is 1.57. The second kappa shape index (κ2) is 9.10. The highest BCUT2D eigenvalue weighted by Crippen LogP contribution is 2.40. The molecule has 0 bridgehead atoms. The maximum atomic E-state index is 5.18. The third-order valence-corrected chi connectivity index (χ3v) is 9.30. The van der Waals surface area contributed by atoms with E-state index >= 15 is 0 Å². The van der Waals surface area contributed by atoms with Crippen LogP contribution in [0.25, 0.3) is 81.2 Å². The van der Waals surface area contributed by atoms with Gasteiger partial charge in [0.25, 0.3) is 0 Å². The number of thiophene rings is 1. The van der Waals surface area contributed by atoms with Gasteiger partial charge in [0.2, 0.25) is 0 Å². The zero-order chi connectivity index (χ0) is 27.6. The van der Waals surface area contributed by atoms with Gasteiger partial charge in [0.1, 0.15) is 5.82 Å². The summed E-state index contributed by atoms with van der Waals surface area (Å²) < 4.78 is 4.94. The molecule has 0 saturated carbocycles. The zero-order valence-electron chi connectivity index (χ0n) is 22.5. The molecule has 9 aromatic rings. The molecule has 0 radical (unpaired) electrons. The molecule has 0 saturated heterocycles. The summed E-state index contributed by atoms with van der Waals surface area (Å²) in [4.78, 5) is 10.2. The van der Waals surface area contributed by atoms with Crippen LogP contribution in [0, 0.1) is 0 Å². The van der Waals surface area contributed by atoms with Crippen LogP contribution in [-0.4, -0.2) is 14.5 Å². The van der Waals surface area contributed by atoms with E-state index in [4.69, 9.17) is 9.97 Å². The highest BCUT2D eigenvalue weighted by Gasteiger charge is 2.17. The fourth-order valence-corrected chi connectivity index (χ4v) is 7.34. The molecule has 0 aliphatic carbocycles. The molecule has 0 N–H and O–H groups in total. The molecule has 4 heteroatoms. The van der Waals surface area contributed by atoms with E-state index in [9.17, 15) is 0 Å². The van der Waals surface area contributed by atoms with Gasteiger partial charge >= 0.3 is 0 Å². The summed E-state index contributed by atoms with van der Waals surface area (Å²) in [6.45, 7) is 0. The standard InChI is InChI=1S/C38H23N3S/c1-3-11-24(12-4-1)32-23-37(40-38(39-32)25-13-5-2-6-14-25)41-33-17-9-7-15-28(33)30-19-26-20-31-29-16-8-10-18-35(29)42-36(31)22-27(26)21-34(30)41/h1-23H. The van der Waals surface area contributed by atoms with Crippen molar-refractivity contribution >= 4 is 64.1 Å². The van der Waals surface area contributed by atoms with Crippen LogP contribution >= 0.6 is 11.3 Å². The van der Waals surface area contributed by atoms with E-state index in [1.165, 1.54) is 41.7 Å². The highest BCUT2D eigenvalue weighted by molar-refractivity contribution is 7.25. The van der Waals surface area contributed by atoms with Gasteiger partial charge in [-0.1, -0.05) is 97.1 Å². The van der Waals surface area contributed by atoms with Crippen LogP contribution in [0.15, 0.2) is 140 Å². The van der Waals surface area contributed by atoms with Crippen LogP contribution in [0.3, 0.4) is 0 Å². The van der Waals surface area contributed by atoms with Crippen molar-refractivity contribution in [2.75, 3.05) is 0 Å². The molecule has 0 aliphatic rings. The van der Waals surface area contributed by atoms with Gasteiger partial charge < -0.3 is 0 Å². The van der Waals surface area contributed by atoms with Gasteiger partial charge in [-0.3, -0.25) is 4.57 Å². The minimum atomic E-state index is 0.714. The van der Waals surface area contributed by atoms with Crippen molar-refractivity contribution in [3.05, 3.63) is 140 Å². The number of aromatic nitrogens is 3. The molecule has 42 heavy (non-hydrogen) atoms. The fourth-order valence-electron chi connectivity index (χ4n) is 6.20. The lowest BCUT2D eigenvalue weighted by atomic mass is 10.0. The lowest BCUT2D eigenvalue weighted by molar-refractivity contribution is 1.05. The summed E-state index contributed by atoms with van der Waals surface area (Å²) in [6, 6.07) is 49.5. The van der Waals surface area contributed by atoms with Crippen LogP contribution in [0.2, 0.25) is 0 Å². The molecule has 3 nitrogen and oxygen atoms in total. The Balaban J connectivity index is 1.37. The molecule has 6 aromatic carbocycles. The number of nitrogens with zero attached hydrogens (tertiary/aromatic N) is 3. The van der Waals surface area contributed by atoms with Crippen molar-refractivity contribution < 1.29 is 0 Å². The topological polar surface area (TPSA) is 30.7 Å². The van der Waals surface area contributed by atoms with Crippen molar-refractivity contribution in [1.82, 2.24) is 14.5 Å². The van der Waals surface area contributed by atoms with Gasteiger partial charge in [-0.25, -0.2) is 9.97 Å². The minimum Gasteiger partial charge on any atom is -0.294 e. The molecular weight excluding hydrogens is 531 g/mol. The van der Waals surface area contributed by atoms with Crippen LogP contribution in [-0.2, 0) is 0 Å². The fraction of sp³-hybridized carbons (Fsp3) is 0. The Morgan fingerprint density at radius 3 is 1.95 bits per heavy atom. The molecule has 0 aliphatic heterocycles. The molecule has 0 amide bonds. The van der Waals surface area contributed by atoms with Crippen molar-refractivity contribution in [1.29, 1.82) is 0 Å². The third kappa shape index (κ3) is 3.59. The normalized spacial score (nSPS) is 11.8. The van der Waals surface area contributed by atoms with Crippen LogP contribution < -0.4 is 0 Å². The second-order valence-corrected chi connectivity index (χ2v) is 11.8. The van der Waals surface area contributed by atoms with E-state index in [1.807, 2.05) is 35.6 Å². The van der Waals surface area contributed by atoms with Gasteiger partial charge in [0.15, 0.2) is 5.82 Å². The Labute approximate surface area is 246 Å². The molecule has 0 spiro atoms. The number of benzene rings is 6. The summed E-state index contributed by atoms with van der Waals surface area (Å²) in [5.41, 5.74) is 5.23.